The number of hydrogen-bond donors (Lipinski definition) is 1. The first-order chi connectivity index (χ1) is 10.7. The number of nitrogens with one attached hydrogen (secondary N) is 1. The number of rotatable bonds is 5. The number of amides is 1. The Bertz CT molecular complexity index is 752. The number of hydrogen-bond acceptors (Lipinski definition) is 4. The molecule has 6 heteroatoms. The number of ether oxygens (including phenoxy) is 1. The van der Waals surface area contributed by atoms with E-state index in [1.807, 2.05) is 20.8 Å². The molecule has 2 rings (SSSR count). The molecule has 1 N–H and O–H groups in total. The third-order valence-electron chi connectivity index (χ3n) is 3.78. The molecule has 2 aromatic rings. The van der Waals surface area contributed by atoms with Crippen LogP contribution in [0.3, 0.4) is 0 Å². The Labute approximate surface area is 138 Å². The third kappa shape index (κ3) is 3.88. The molecule has 1 heterocycles. The largest absolute Gasteiger partial charge is 0.451 e. The minimum atomic E-state index is -0.604. The molecule has 124 valence electrons. The van der Waals surface area contributed by atoms with E-state index >= 15 is 0 Å². The lowest BCUT2D eigenvalue weighted by Crippen LogP contribution is -2.44. The van der Waals surface area contributed by atoms with E-state index in [4.69, 9.17) is 4.74 Å². The van der Waals surface area contributed by atoms with Crippen LogP contribution in [-0.4, -0.2) is 24.0 Å². The number of carbonyl (C=O) groups excluding carboxylic acids is 2. The van der Waals surface area contributed by atoms with Crippen molar-refractivity contribution in [3.63, 3.8) is 0 Å². The highest BCUT2D eigenvalue weighted by atomic mass is 32.1. The standard InChI is InChI=1S/C17H20FNO3S/c1-5-17(3,4)19-13(20)9-22-16(21)15-10(2)14-11(18)7-6-8-12(14)23-15/h6-8H,5,9H2,1-4H3,(H,19,20). The van der Waals surface area contributed by atoms with Gasteiger partial charge in [-0.3, -0.25) is 4.79 Å². The maximum atomic E-state index is 13.9. The molecular weight excluding hydrogens is 317 g/mol. The summed E-state index contributed by atoms with van der Waals surface area (Å²) >= 11 is 1.17. The Balaban J connectivity index is 2.09. The van der Waals surface area contributed by atoms with Crippen LogP contribution in [0.2, 0.25) is 0 Å². The van der Waals surface area contributed by atoms with E-state index in [2.05, 4.69) is 5.32 Å². The molecule has 1 aromatic heterocycles. The highest BCUT2D eigenvalue weighted by Gasteiger charge is 2.22. The van der Waals surface area contributed by atoms with E-state index in [1.165, 1.54) is 17.4 Å². The minimum Gasteiger partial charge on any atom is -0.451 e. The zero-order valence-electron chi connectivity index (χ0n) is 13.7. The van der Waals surface area contributed by atoms with Crippen LogP contribution in [0.25, 0.3) is 10.1 Å². The summed E-state index contributed by atoms with van der Waals surface area (Å²) in [4.78, 5) is 24.3. The van der Waals surface area contributed by atoms with E-state index < -0.39 is 5.97 Å². The lowest BCUT2D eigenvalue weighted by molar-refractivity contribution is -0.125. The third-order valence-corrected chi connectivity index (χ3v) is 5.02. The van der Waals surface area contributed by atoms with E-state index in [0.717, 1.165) is 6.42 Å². The second kappa shape index (κ2) is 6.66. The van der Waals surface area contributed by atoms with Crippen LogP contribution >= 0.6 is 11.3 Å². The number of aryl methyl sites for hydroxylation is 1. The fraction of sp³-hybridized carbons (Fsp3) is 0.412. The van der Waals surface area contributed by atoms with E-state index in [1.54, 1.807) is 19.1 Å². The quantitative estimate of drug-likeness (QED) is 0.844. The first-order valence-electron chi connectivity index (χ1n) is 7.41. The van der Waals surface area contributed by atoms with Gasteiger partial charge in [0.2, 0.25) is 0 Å². The van der Waals surface area contributed by atoms with Gasteiger partial charge in [0.25, 0.3) is 5.91 Å². The topological polar surface area (TPSA) is 55.4 Å². The SMILES string of the molecule is CCC(C)(C)NC(=O)COC(=O)c1sc2cccc(F)c2c1C. The summed E-state index contributed by atoms with van der Waals surface area (Å²) < 4.78 is 19.6. The Hall–Kier alpha value is -1.95. The molecule has 0 unspecified atom stereocenters. The van der Waals surface area contributed by atoms with Gasteiger partial charge >= 0.3 is 5.97 Å². The van der Waals surface area contributed by atoms with Crippen molar-refractivity contribution < 1.29 is 18.7 Å². The van der Waals surface area contributed by atoms with Crippen molar-refractivity contribution in [1.82, 2.24) is 5.32 Å². The lowest BCUT2D eigenvalue weighted by Gasteiger charge is -2.24. The predicted molar refractivity (Wildman–Crippen MR) is 89.3 cm³/mol. The number of carbonyl (C=O) groups is 2. The fourth-order valence-electron chi connectivity index (χ4n) is 2.15. The van der Waals surface area contributed by atoms with Crippen LogP contribution in [0.5, 0.6) is 0 Å². The average Bonchev–Trinajstić information content (AvgIpc) is 2.83. The van der Waals surface area contributed by atoms with Crippen molar-refractivity contribution in [3.8, 4) is 0 Å². The first kappa shape index (κ1) is 17.4. The first-order valence-corrected chi connectivity index (χ1v) is 8.22. The van der Waals surface area contributed by atoms with Crippen LogP contribution < -0.4 is 5.32 Å². The zero-order valence-corrected chi connectivity index (χ0v) is 14.5. The van der Waals surface area contributed by atoms with Crippen LogP contribution in [-0.2, 0) is 9.53 Å². The number of thiophene rings is 1. The molecule has 0 atom stereocenters. The van der Waals surface area contributed by atoms with Crippen molar-refractivity contribution >= 4 is 33.3 Å². The number of halogens is 1. The number of esters is 1. The summed E-state index contributed by atoms with van der Waals surface area (Å²) in [5.74, 6) is -1.32. The predicted octanol–water partition coefficient (Wildman–Crippen LogP) is 3.81. The second-order valence-electron chi connectivity index (χ2n) is 6.03. The van der Waals surface area contributed by atoms with Crippen molar-refractivity contribution in [2.24, 2.45) is 0 Å². The Kier molecular flexibility index (Phi) is 5.04. The summed E-state index contributed by atoms with van der Waals surface area (Å²) in [5, 5.41) is 3.22. The van der Waals surface area contributed by atoms with Crippen molar-refractivity contribution in [1.29, 1.82) is 0 Å². The number of benzene rings is 1. The molecule has 4 nitrogen and oxygen atoms in total. The van der Waals surface area contributed by atoms with Gasteiger partial charge in [-0.25, -0.2) is 9.18 Å². The molecule has 0 aliphatic heterocycles. The van der Waals surface area contributed by atoms with Gasteiger partial charge in [-0.05, 0) is 44.9 Å². The molecule has 0 spiro atoms. The van der Waals surface area contributed by atoms with Gasteiger partial charge in [0.1, 0.15) is 10.7 Å². The highest BCUT2D eigenvalue weighted by molar-refractivity contribution is 7.21. The van der Waals surface area contributed by atoms with Crippen molar-refractivity contribution in [3.05, 3.63) is 34.5 Å². The van der Waals surface area contributed by atoms with Gasteiger partial charge in [0.15, 0.2) is 6.61 Å². The summed E-state index contributed by atoms with van der Waals surface area (Å²) in [6.07, 6.45) is 0.765. The van der Waals surface area contributed by atoms with Crippen molar-refractivity contribution in [2.45, 2.75) is 39.7 Å². The van der Waals surface area contributed by atoms with Gasteiger partial charge in [0, 0.05) is 15.6 Å². The molecule has 0 bridgehead atoms. The molecule has 0 radical (unpaired) electrons. The molecule has 1 aromatic carbocycles. The molecular formula is C17H20FNO3S. The summed E-state index contributed by atoms with van der Waals surface area (Å²) in [6.45, 7) is 7.08. The second-order valence-corrected chi connectivity index (χ2v) is 7.08. The smallest absolute Gasteiger partial charge is 0.349 e. The van der Waals surface area contributed by atoms with Crippen molar-refractivity contribution in [2.75, 3.05) is 6.61 Å². The summed E-state index contributed by atoms with van der Waals surface area (Å²) in [7, 11) is 0. The van der Waals surface area contributed by atoms with Gasteiger partial charge < -0.3 is 10.1 Å². The maximum Gasteiger partial charge on any atom is 0.349 e. The van der Waals surface area contributed by atoms with Gasteiger partial charge in [-0.1, -0.05) is 13.0 Å². The average molecular weight is 337 g/mol. The molecule has 0 fully saturated rings. The van der Waals surface area contributed by atoms with Crippen LogP contribution in [0.15, 0.2) is 18.2 Å². The summed E-state index contributed by atoms with van der Waals surface area (Å²) in [5.41, 5.74) is 0.197. The molecule has 23 heavy (non-hydrogen) atoms. The minimum absolute atomic E-state index is 0.327. The van der Waals surface area contributed by atoms with Crippen LogP contribution in [0, 0.1) is 12.7 Å². The van der Waals surface area contributed by atoms with Crippen LogP contribution in [0.4, 0.5) is 4.39 Å². The monoisotopic (exact) mass is 337 g/mol. The highest BCUT2D eigenvalue weighted by Crippen LogP contribution is 2.32. The van der Waals surface area contributed by atoms with Crippen LogP contribution in [0.1, 0.15) is 42.4 Å². The Morgan fingerprint density at radius 2 is 2.04 bits per heavy atom. The van der Waals surface area contributed by atoms with E-state index in [0.29, 0.717) is 20.5 Å². The van der Waals surface area contributed by atoms with E-state index in [9.17, 15) is 14.0 Å². The van der Waals surface area contributed by atoms with Gasteiger partial charge in [0.05, 0.1) is 0 Å². The molecule has 0 saturated heterocycles. The molecule has 1 amide bonds. The Morgan fingerprint density at radius 3 is 2.65 bits per heavy atom. The van der Waals surface area contributed by atoms with E-state index in [-0.39, 0.29) is 23.9 Å². The fourth-order valence-corrected chi connectivity index (χ4v) is 3.26. The van der Waals surface area contributed by atoms with Gasteiger partial charge in [-0.15, -0.1) is 11.3 Å². The summed E-state index contributed by atoms with van der Waals surface area (Å²) in [6, 6.07) is 4.71. The number of fused-ring (bicyclic) bond motifs is 1. The Morgan fingerprint density at radius 1 is 1.35 bits per heavy atom. The normalized spacial score (nSPS) is 11.5. The molecule has 0 saturated carbocycles. The lowest BCUT2D eigenvalue weighted by atomic mass is 10.0. The maximum absolute atomic E-state index is 13.9. The molecule has 0 aliphatic rings. The zero-order chi connectivity index (χ0) is 17.2. The molecule has 0 aliphatic carbocycles. The van der Waals surface area contributed by atoms with Gasteiger partial charge in [-0.2, -0.15) is 0 Å².